The minimum atomic E-state index is 1.22. The van der Waals surface area contributed by atoms with E-state index >= 15 is 0 Å². The van der Waals surface area contributed by atoms with E-state index in [-0.39, 0.29) is 0 Å². The van der Waals surface area contributed by atoms with Gasteiger partial charge in [-0.15, -0.1) is 0 Å². The lowest BCUT2D eigenvalue weighted by Crippen LogP contribution is -2.37. The van der Waals surface area contributed by atoms with Crippen molar-refractivity contribution in [3.63, 3.8) is 0 Å². The zero-order valence-corrected chi connectivity index (χ0v) is 23.9. The van der Waals surface area contributed by atoms with Crippen molar-refractivity contribution >= 4 is 0 Å². The third-order valence-electron chi connectivity index (χ3n) is 7.60. The number of aryl methyl sites for hydroxylation is 2. The molecule has 2 heteroatoms. The van der Waals surface area contributed by atoms with Gasteiger partial charge in [0.25, 0.3) is 5.82 Å². The fourth-order valence-corrected chi connectivity index (χ4v) is 5.26. The number of rotatable bonds is 26. The molecule has 1 aromatic rings. The molecule has 0 atom stereocenters. The van der Waals surface area contributed by atoms with Crippen molar-refractivity contribution in [2.45, 2.75) is 188 Å². The fourth-order valence-electron chi connectivity index (χ4n) is 5.26. The third kappa shape index (κ3) is 16.8. The quantitative estimate of drug-likeness (QED) is 0.0930. The molecule has 34 heavy (non-hydrogen) atoms. The van der Waals surface area contributed by atoms with Crippen LogP contribution in [0.3, 0.4) is 0 Å². The van der Waals surface area contributed by atoms with Crippen LogP contribution in [0.5, 0.6) is 0 Å². The average molecular weight is 476 g/mol. The average Bonchev–Trinajstić information content (AvgIpc) is 3.23. The predicted octanol–water partition coefficient (Wildman–Crippen LogP) is 10.4. The Hall–Kier alpha value is -0.790. The van der Waals surface area contributed by atoms with Gasteiger partial charge in [-0.1, -0.05) is 136 Å². The highest BCUT2D eigenvalue weighted by atomic mass is 15.1. The maximum atomic E-state index is 2.61. The van der Waals surface area contributed by atoms with Gasteiger partial charge in [-0.25, -0.2) is 9.13 Å². The Kier molecular flexibility index (Phi) is 22.0. The van der Waals surface area contributed by atoms with E-state index in [2.05, 4.69) is 42.3 Å². The van der Waals surface area contributed by atoms with Gasteiger partial charge in [0.1, 0.15) is 12.4 Å². The summed E-state index contributed by atoms with van der Waals surface area (Å²) in [6.45, 7) is 9.38. The molecular weight excluding hydrogens is 412 g/mol. The van der Waals surface area contributed by atoms with Crippen LogP contribution in [-0.4, -0.2) is 4.57 Å². The Labute approximate surface area is 215 Å². The molecule has 0 radical (unpaired) electrons. The van der Waals surface area contributed by atoms with Crippen LogP contribution in [0.2, 0.25) is 0 Å². The first kappa shape index (κ1) is 31.2. The second-order valence-electron chi connectivity index (χ2n) is 10.9. The molecular formula is C32H63N2+. The second-order valence-corrected chi connectivity index (χ2v) is 10.9. The highest BCUT2D eigenvalue weighted by molar-refractivity contribution is 4.84. The molecule has 0 aliphatic heterocycles. The first-order valence-electron chi connectivity index (χ1n) is 15.9. The minimum absolute atomic E-state index is 1.22. The van der Waals surface area contributed by atoms with E-state index in [4.69, 9.17) is 0 Å². The van der Waals surface area contributed by atoms with Crippen LogP contribution in [0.25, 0.3) is 0 Å². The lowest BCUT2D eigenvalue weighted by molar-refractivity contribution is -0.704. The van der Waals surface area contributed by atoms with Crippen molar-refractivity contribution in [2.75, 3.05) is 0 Å². The van der Waals surface area contributed by atoms with Crippen LogP contribution in [0, 0.1) is 0 Å². The molecule has 0 unspecified atom stereocenters. The lowest BCUT2D eigenvalue weighted by Gasteiger charge is -2.07. The highest BCUT2D eigenvalue weighted by Gasteiger charge is 2.16. The second kappa shape index (κ2) is 23.9. The zero-order valence-electron chi connectivity index (χ0n) is 23.9. The summed E-state index contributed by atoms with van der Waals surface area (Å²) in [5.41, 5.74) is 0. The van der Waals surface area contributed by atoms with Crippen LogP contribution in [0.4, 0.5) is 0 Å². The zero-order chi connectivity index (χ0) is 24.5. The van der Waals surface area contributed by atoms with Crippen molar-refractivity contribution in [1.82, 2.24) is 4.57 Å². The molecule has 0 aliphatic carbocycles. The van der Waals surface area contributed by atoms with E-state index in [1.165, 1.54) is 167 Å². The Bertz CT molecular complexity index is 533. The summed E-state index contributed by atoms with van der Waals surface area (Å²) in [5, 5.41) is 0. The van der Waals surface area contributed by atoms with Gasteiger partial charge in [-0.2, -0.15) is 0 Å². The van der Waals surface area contributed by atoms with E-state index in [9.17, 15) is 0 Å². The van der Waals surface area contributed by atoms with Crippen molar-refractivity contribution in [1.29, 1.82) is 0 Å². The van der Waals surface area contributed by atoms with Crippen molar-refractivity contribution < 1.29 is 4.57 Å². The number of nitrogens with zero attached hydrogens (tertiary/aromatic N) is 2. The van der Waals surface area contributed by atoms with E-state index in [0.717, 1.165) is 0 Å². The smallest absolute Gasteiger partial charge is 0.234 e. The normalized spacial score (nSPS) is 11.5. The maximum Gasteiger partial charge on any atom is 0.256 e. The van der Waals surface area contributed by atoms with Crippen LogP contribution in [0.1, 0.15) is 174 Å². The van der Waals surface area contributed by atoms with Gasteiger partial charge in [0.15, 0.2) is 0 Å². The molecule has 0 saturated carbocycles. The summed E-state index contributed by atoms with van der Waals surface area (Å²) in [6, 6.07) is 0. The van der Waals surface area contributed by atoms with Gasteiger partial charge >= 0.3 is 0 Å². The molecule has 0 N–H and O–H groups in total. The molecule has 0 aromatic carbocycles. The molecule has 0 spiro atoms. The van der Waals surface area contributed by atoms with Gasteiger partial charge in [0.05, 0.1) is 13.1 Å². The summed E-state index contributed by atoms with van der Waals surface area (Å²) >= 11 is 0. The van der Waals surface area contributed by atoms with Gasteiger partial charge in [0.2, 0.25) is 0 Å². The van der Waals surface area contributed by atoms with Gasteiger partial charge in [-0.3, -0.25) is 0 Å². The lowest BCUT2D eigenvalue weighted by atomic mass is 10.1. The number of imidazole rings is 1. The summed E-state index contributed by atoms with van der Waals surface area (Å²) < 4.78 is 5.21. The molecule has 200 valence electrons. The molecule has 0 saturated heterocycles. The minimum Gasteiger partial charge on any atom is -0.234 e. The molecule has 0 amide bonds. The van der Waals surface area contributed by atoms with E-state index in [1.54, 1.807) is 5.82 Å². The number of unbranched alkanes of at least 4 members (excludes halogenated alkanes) is 20. The SMILES string of the molecule is CCCCCCCCCCCCCn1cc[n+](CCCCCCC)c1CCCCCCCCC. The monoisotopic (exact) mass is 475 g/mol. The molecule has 0 aliphatic rings. The molecule has 1 rings (SSSR count). The topological polar surface area (TPSA) is 8.81 Å². The summed E-state index contributed by atoms with van der Waals surface area (Å²) in [6.07, 6.45) is 38.5. The van der Waals surface area contributed by atoms with Crippen molar-refractivity contribution in [3.8, 4) is 0 Å². The summed E-state index contributed by atoms with van der Waals surface area (Å²) in [4.78, 5) is 0. The van der Waals surface area contributed by atoms with Crippen molar-refractivity contribution in [3.05, 3.63) is 18.2 Å². The molecule has 2 nitrogen and oxygen atoms in total. The summed E-state index contributed by atoms with van der Waals surface area (Å²) in [7, 11) is 0. The largest absolute Gasteiger partial charge is 0.256 e. The fraction of sp³-hybridized carbons (Fsp3) is 0.906. The number of hydrogen-bond acceptors (Lipinski definition) is 0. The first-order chi connectivity index (χ1) is 16.8. The van der Waals surface area contributed by atoms with Crippen LogP contribution in [-0.2, 0) is 19.5 Å². The Morgan fingerprint density at radius 3 is 1.41 bits per heavy atom. The van der Waals surface area contributed by atoms with Crippen LogP contribution < -0.4 is 4.57 Å². The molecule has 1 heterocycles. The maximum absolute atomic E-state index is 2.61. The van der Waals surface area contributed by atoms with Crippen molar-refractivity contribution in [2.24, 2.45) is 0 Å². The van der Waals surface area contributed by atoms with Crippen LogP contribution >= 0.6 is 0 Å². The predicted molar refractivity (Wildman–Crippen MR) is 152 cm³/mol. The number of hydrogen-bond donors (Lipinski definition) is 0. The third-order valence-corrected chi connectivity index (χ3v) is 7.60. The standard InChI is InChI=1S/C32H63N2/c1-4-7-10-13-15-16-17-18-20-23-26-29-34-31-30-33(28-25-22-12-9-6-3)32(34)27-24-21-19-14-11-8-5-2/h30-31H,4-29H2,1-3H3/q+1. The van der Waals surface area contributed by atoms with E-state index in [0.29, 0.717) is 0 Å². The van der Waals surface area contributed by atoms with Gasteiger partial charge in [-0.05, 0) is 32.1 Å². The van der Waals surface area contributed by atoms with Gasteiger partial charge in [0, 0.05) is 6.42 Å². The Morgan fingerprint density at radius 1 is 0.500 bits per heavy atom. The van der Waals surface area contributed by atoms with Crippen LogP contribution in [0.15, 0.2) is 12.4 Å². The Balaban J connectivity index is 2.31. The first-order valence-corrected chi connectivity index (χ1v) is 15.9. The molecule has 0 fully saturated rings. The highest BCUT2D eigenvalue weighted by Crippen LogP contribution is 2.14. The number of aromatic nitrogens is 2. The molecule has 0 bridgehead atoms. The van der Waals surface area contributed by atoms with E-state index in [1.807, 2.05) is 0 Å². The Morgan fingerprint density at radius 2 is 0.912 bits per heavy atom. The van der Waals surface area contributed by atoms with Gasteiger partial charge < -0.3 is 0 Å². The van der Waals surface area contributed by atoms with E-state index < -0.39 is 0 Å². The summed E-state index contributed by atoms with van der Waals surface area (Å²) in [5.74, 6) is 1.61. The molecule has 1 aromatic heterocycles.